The highest BCUT2D eigenvalue weighted by molar-refractivity contribution is 8.00. The van der Waals surface area contributed by atoms with Gasteiger partial charge in [-0.25, -0.2) is 4.68 Å². The SMILES string of the molecule is C=CCn1c(S[C@H](C)C(=O)Nc2c(C)n(C)n(-c3ccccc3)c2=O)nnc1-c1ccc(OC)cc1. The molecule has 0 unspecified atom stereocenters. The summed E-state index contributed by atoms with van der Waals surface area (Å²) in [6, 6.07) is 16.8. The molecule has 0 spiro atoms. The van der Waals surface area contributed by atoms with E-state index in [2.05, 4.69) is 22.1 Å². The molecular weight excluding hydrogens is 476 g/mol. The zero-order valence-electron chi connectivity index (χ0n) is 20.6. The van der Waals surface area contributed by atoms with Crippen LogP contribution in [0.15, 0.2) is 77.2 Å². The first-order chi connectivity index (χ1) is 17.3. The summed E-state index contributed by atoms with van der Waals surface area (Å²) in [7, 11) is 3.40. The lowest BCUT2D eigenvalue weighted by molar-refractivity contribution is -0.115. The van der Waals surface area contributed by atoms with Crippen LogP contribution in [0.5, 0.6) is 5.75 Å². The van der Waals surface area contributed by atoms with E-state index in [9.17, 15) is 9.59 Å². The van der Waals surface area contributed by atoms with Gasteiger partial charge in [0.25, 0.3) is 5.56 Å². The molecule has 0 fully saturated rings. The van der Waals surface area contributed by atoms with E-state index in [0.717, 1.165) is 17.0 Å². The molecular formula is C26H28N6O3S. The van der Waals surface area contributed by atoms with Crippen LogP contribution >= 0.6 is 11.8 Å². The Bertz CT molecular complexity index is 1440. The smallest absolute Gasteiger partial charge is 0.295 e. The molecule has 1 amide bonds. The van der Waals surface area contributed by atoms with Gasteiger partial charge in [-0.2, -0.15) is 0 Å². The van der Waals surface area contributed by atoms with E-state index in [1.54, 1.807) is 38.8 Å². The van der Waals surface area contributed by atoms with Gasteiger partial charge in [-0.05, 0) is 50.2 Å². The number of nitrogens with one attached hydrogen (secondary N) is 1. The monoisotopic (exact) mass is 504 g/mol. The standard InChI is InChI=1S/C26H28N6O3S/c1-6-16-31-23(19-12-14-21(35-5)15-13-19)28-29-26(31)36-18(3)24(33)27-22-17(2)30(4)32(25(22)34)20-10-8-7-9-11-20/h6-15,18H,1,16H2,2-5H3,(H,27,33)/t18-/m1/s1. The van der Waals surface area contributed by atoms with Crippen molar-refractivity contribution in [1.29, 1.82) is 0 Å². The molecule has 0 aliphatic carbocycles. The molecule has 2 heterocycles. The van der Waals surface area contributed by atoms with Gasteiger partial charge in [-0.15, -0.1) is 16.8 Å². The van der Waals surface area contributed by atoms with Gasteiger partial charge in [0.1, 0.15) is 11.4 Å². The van der Waals surface area contributed by atoms with Crippen LogP contribution in [0.25, 0.3) is 17.1 Å². The van der Waals surface area contributed by atoms with Crippen LogP contribution in [0.4, 0.5) is 5.69 Å². The Hall–Kier alpha value is -4.05. The number of ether oxygens (including phenoxy) is 1. The number of benzene rings is 2. The number of amides is 1. The van der Waals surface area contributed by atoms with Gasteiger partial charge in [0.2, 0.25) is 5.91 Å². The molecule has 36 heavy (non-hydrogen) atoms. The van der Waals surface area contributed by atoms with Gasteiger partial charge >= 0.3 is 0 Å². The average Bonchev–Trinajstić information content (AvgIpc) is 3.38. The number of hydrogen-bond donors (Lipinski definition) is 1. The zero-order valence-corrected chi connectivity index (χ0v) is 21.5. The fourth-order valence-corrected chi connectivity index (χ4v) is 4.63. The number of thioether (sulfide) groups is 1. The first-order valence-electron chi connectivity index (χ1n) is 11.4. The van der Waals surface area contributed by atoms with Gasteiger partial charge in [-0.3, -0.25) is 18.8 Å². The van der Waals surface area contributed by atoms with Crippen molar-refractivity contribution >= 4 is 23.4 Å². The first kappa shape index (κ1) is 25.1. The zero-order chi connectivity index (χ0) is 25.8. The van der Waals surface area contributed by atoms with E-state index in [-0.39, 0.29) is 17.2 Å². The molecule has 0 bridgehead atoms. The molecule has 0 aliphatic heterocycles. The van der Waals surface area contributed by atoms with Gasteiger partial charge in [-0.1, -0.05) is 36.0 Å². The number of methoxy groups -OCH3 is 1. The Morgan fingerprint density at radius 1 is 1.17 bits per heavy atom. The Kier molecular flexibility index (Phi) is 7.44. The maximum Gasteiger partial charge on any atom is 0.295 e. The predicted octanol–water partition coefficient (Wildman–Crippen LogP) is 4.06. The molecule has 1 atom stereocenters. The van der Waals surface area contributed by atoms with Crippen LogP contribution in [0.3, 0.4) is 0 Å². The molecule has 2 aromatic carbocycles. The van der Waals surface area contributed by atoms with Crippen molar-refractivity contribution in [2.45, 2.75) is 30.8 Å². The molecule has 0 radical (unpaired) electrons. The molecule has 0 aliphatic rings. The summed E-state index contributed by atoms with van der Waals surface area (Å²) in [6.07, 6.45) is 1.75. The minimum absolute atomic E-state index is 0.255. The number of aromatic nitrogens is 5. The number of allylic oxidation sites excluding steroid dienone is 1. The van der Waals surface area contributed by atoms with Gasteiger partial charge in [0.05, 0.1) is 23.7 Å². The van der Waals surface area contributed by atoms with Gasteiger partial charge in [0, 0.05) is 19.2 Å². The summed E-state index contributed by atoms with van der Waals surface area (Å²) in [4.78, 5) is 26.3. The normalized spacial score (nSPS) is 11.8. The van der Waals surface area contributed by atoms with Crippen molar-refractivity contribution in [2.75, 3.05) is 12.4 Å². The van der Waals surface area contributed by atoms with Crippen LogP contribution in [0, 0.1) is 6.92 Å². The van der Waals surface area contributed by atoms with Crippen molar-refractivity contribution in [3.63, 3.8) is 0 Å². The van der Waals surface area contributed by atoms with E-state index < -0.39 is 5.25 Å². The second-order valence-electron chi connectivity index (χ2n) is 8.12. The Morgan fingerprint density at radius 2 is 1.86 bits per heavy atom. The van der Waals surface area contributed by atoms with Crippen LogP contribution in [-0.4, -0.2) is 42.4 Å². The number of rotatable bonds is 9. The van der Waals surface area contributed by atoms with E-state index in [0.29, 0.717) is 23.2 Å². The topological polar surface area (TPSA) is 96.0 Å². The molecule has 186 valence electrons. The molecule has 1 N–H and O–H groups in total. The van der Waals surface area contributed by atoms with Crippen molar-refractivity contribution in [1.82, 2.24) is 24.1 Å². The van der Waals surface area contributed by atoms with Crippen LogP contribution in [-0.2, 0) is 18.4 Å². The third-order valence-electron chi connectivity index (χ3n) is 5.83. The Morgan fingerprint density at radius 3 is 2.50 bits per heavy atom. The maximum absolute atomic E-state index is 13.1. The highest BCUT2D eigenvalue weighted by Crippen LogP contribution is 2.28. The number of hydrogen-bond acceptors (Lipinski definition) is 6. The molecule has 9 nitrogen and oxygen atoms in total. The highest BCUT2D eigenvalue weighted by Gasteiger charge is 2.24. The molecule has 2 aromatic heterocycles. The van der Waals surface area contributed by atoms with E-state index >= 15 is 0 Å². The van der Waals surface area contributed by atoms with E-state index in [4.69, 9.17) is 4.74 Å². The molecule has 0 saturated carbocycles. The van der Waals surface area contributed by atoms with Gasteiger partial charge in [0.15, 0.2) is 11.0 Å². The van der Waals surface area contributed by atoms with Crippen LogP contribution < -0.4 is 15.6 Å². The Labute approximate surface area is 213 Å². The first-order valence-corrected chi connectivity index (χ1v) is 12.2. The molecule has 10 heteroatoms. The minimum Gasteiger partial charge on any atom is -0.497 e. The van der Waals surface area contributed by atoms with Crippen molar-refractivity contribution in [3.05, 3.63) is 83.3 Å². The number of carbonyl (C=O) groups excluding carboxylic acids is 1. The second-order valence-corrected chi connectivity index (χ2v) is 9.43. The lowest BCUT2D eigenvalue weighted by atomic mass is 10.2. The molecule has 4 rings (SSSR count). The summed E-state index contributed by atoms with van der Waals surface area (Å²) in [5.74, 6) is 1.11. The summed E-state index contributed by atoms with van der Waals surface area (Å²) < 4.78 is 10.4. The third kappa shape index (κ3) is 4.85. The van der Waals surface area contributed by atoms with Crippen LogP contribution in [0.2, 0.25) is 0 Å². The number of carbonyl (C=O) groups is 1. The van der Waals surface area contributed by atoms with E-state index in [1.165, 1.54) is 16.4 Å². The molecule has 4 aromatic rings. The van der Waals surface area contributed by atoms with Gasteiger partial charge < -0.3 is 10.1 Å². The predicted molar refractivity (Wildman–Crippen MR) is 142 cm³/mol. The maximum atomic E-state index is 13.1. The highest BCUT2D eigenvalue weighted by atomic mass is 32.2. The van der Waals surface area contributed by atoms with E-state index in [1.807, 2.05) is 59.2 Å². The summed E-state index contributed by atoms with van der Waals surface area (Å²) in [5.41, 5.74) is 2.22. The number of nitrogens with zero attached hydrogens (tertiary/aromatic N) is 5. The Balaban J connectivity index is 1.56. The third-order valence-corrected chi connectivity index (χ3v) is 6.91. The van der Waals surface area contributed by atoms with Crippen molar-refractivity contribution in [2.24, 2.45) is 7.05 Å². The summed E-state index contributed by atoms with van der Waals surface area (Å²) in [6.45, 7) is 7.89. The summed E-state index contributed by atoms with van der Waals surface area (Å²) in [5, 5.41) is 11.5. The second kappa shape index (κ2) is 10.7. The number of para-hydroxylation sites is 1. The van der Waals surface area contributed by atoms with Crippen molar-refractivity contribution < 1.29 is 9.53 Å². The fraction of sp³-hybridized carbons (Fsp3) is 0.231. The minimum atomic E-state index is -0.536. The van der Waals surface area contributed by atoms with Crippen LogP contribution in [0.1, 0.15) is 12.6 Å². The largest absolute Gasteiger partial charge is 0.497 e. The quantitative estimate of drug-likeness (QED) is 0.273. The lowest BCUT2D eigenvalue weighted by Crippen LogP contribution is -2.27. The average molecular weight is 505 g/mol. The fourth-order valence-electron chi connectivity index (χ4n) is 3.77. The van der Waals surface area contributed by atoms with Crippen molar-refractivity contribution in [3.8, 4) is 22.8 Å². The number of anilines is 1. The molecule has 0 saturated heterocycles. The summed E-state index contributed by atoms with van der Waals surface area (Å²) >= 11 is 1.27. The lowest BCUT2D eigenvalue weighted by Gasteiger charge is -2.12.